The lowest BCUT2D eigenvalue weighted by Gasteiger charge is -2.35. The Balaban J connectivity index is 1.66. The molecule has 2 heterocycles. The van der Waals surface area contributed by atoms with Gasteiger partial charge in [0.1, 0.15) is 5.82 Å². The largest absolute Gasteiger partial charge is 0.354 e. The second kappa shape index (κ2) is 9.05. The van der Waals surface area contributed by atoms with Gasteiger partial charge in [-0.05, 0) is 31.2 Å². The van der Waals surface area contributed by atoms with Gasteiger partial charge < -0.3 is 14.7 Å². The standard InChI is InChI=1S/C24H29N5/c1-3-27-14-16-28(17-15-27)23-18-20(2)25-24(26-23)29(22-12-8-5-9-13-22)19-21-10-6-4-7-11-21/h4-13,18H,3,14-17,19H2,1-2H3. The molecule has 0 amide bonds. The summed E-state index contributed by atoms with van der Waals surface area (Å²) in [7, 11) is 0. The average Bonchev–Trinajstić information content (AvgIpc) is 2.78. The van der Waals surface area contributed by atoms with Crippen LogP contribution in [0.5, 0.6) is 0 Å². The first kappa shape index (κ1) is 19.4. The third kappa shape index (κ3) is 4.74. The lowest BCUT2D eigenvalue weighted by Crippen LogP contribution is -2.46. The Kier molecular flexibility index (Phi) is 6.06. The van der Waals surface area contributed by atoms with E-state index in [2.05, 4.69) is 83.1 Å². The number of hydrogen-bond donors (Lipinski definition) is 0. The molecule has 4 rings (SSSR count). The number of aryl methyl sites for hydroxylation is 1. The lowest BCUT2D eigenvalue weighted by molar-refractivity contribution is 0.270. The van der Waals surface area contributed by atoms with Crippen LogP contribution in [0.4, 0.5) is 17.5 Å². The van der Waals surface area contributed by atoms with Crippen molar-refractivity contribution in [1.29, 1.82) is 0 Å². The highest BCUT2D eigenvalue weighted by molar-refractivity contribution is 5.59. The summed E-state index contributed by atoms with van der Waals surface area (Å²) in [5.74, 6) is 1.78. The van der Waals surface area contributed by atoms with Crippen LogP contribution in [0.1, 0.15) is 18.2 Å². The van der Waals surface area contributed by atoms with Gasteiger partial charge in [0.05, 0.1) is 6.54 Å². The highest BCUT2D eigenvalue weighted by atomic mass is 15.3. The first-order chi connectivity index (χ1) is 14.2. The molecule has 0 saturated carbocycles. The normalized spacial score (nSPS) is 14.8. The molecule has 0 bridgehead atoms. The molecule has 0 spiro atoms. The number of para-hydroxylation sites is 1. The van der Waals surface area contributed by atoms with Crippen molar-refractivity contribution < 1.29 is 0 Å². The molecule has 1 aromatic heterocycles. The van der Waals surface area contributed by atoms with E-state index in [9.17, 15) is 0 Å². The monoisotopic (exact) mass is 387 g/mol. The molecule has 1 aliphatic heterocycles. The van der Waals surface area contributed by atoms with Crippen molar-refractivity contribution in [2.24, 2.45) is 0 Å². The van der Waals surface area contributed by atoms with Gasteiger partial charge in [0, 0.05) is 43.6 Å². The summed E-state index contributed by atoms with van der Waals surface area (Å²) in [5.41, 5.74) is 3.33. The highest BCUT2D eigenvalue weighted by Crippen LogP contribution is 2.27. The van der Waals surface area contributed by atoms with E-state index < -0.39 is 0 Å². The van der Waals surface area contributed by atoms with Crippen LogP contribution in [-0.4, -0.2) is 47.6 Å². The minimum Gasteiger partial charge on any atom is -0.354 e. The number of anilines is 3. The van der Waals surface area contributed by atoms with Gasteiger partial charge in [0.25, 0.3) is 0 Å². The molecule has 1 saturated heterocycles. The Morgan fingerprint density at radius 3 is 2.17 bits per heavy atom. The van der Waals surface area contributed by atoms with Crippen LogP contribution in [0.25, 0.3) is 0 Å². The fraction of sp³-hybridized carbons (Fsp3) is 0.333. The molecule has 0 N–H and O–H groups in total. The van der Waals surface area contributed by atoms with E-state index in [1.165, 1.54) is 5.56 Å². The maximum atomic E-state index is 5.00. The van der Waals surface area contributed by atoms with Crippen molar-refractivity contribution >= 4 is 17.5 Å². The van der Waals surface area contributed by atoms with Gasteiger partial charge in [-0.1, -0.05) is 55.5 Å². The Hall–Kier alpha value is -2.92. The summed E-state index contributed by atoms with van der Waals surface area (Å²) in [6, 6.07) is 23.0. The molecule has 3 aromatic rings. The van der Waals surface area contributed by atoms with Crippen molar-refractivity contribution in [2.75, 3.05) is 42.5 Å². The zero-order valence-electron chi connectivity index (χ0n) is 17.3. The number of rotatable bonds is 6. The maximum absolute atomic E-state index is 5.00. The molecular formula is C24H29N5. The molecule has 2 aromatic carbocycles. The van der Waals surface area contributed by atoms with Crippen molar-refractivity contribution in [1.82, 2.24) is 14.9 Å². The minimum absolute atomic E-state index is 0.733. The predicted molar refractivity (Wildman–Crippen MR) is 120 cm³/mol. The summed E-state index contributed by atoms with van der Waals surface area (Å²) in [6.45, 7) is 10.3. The van der Waals surface area contributed by atoms with Crippen LogP contribution in [0.15, 0.2) is 66.7 Å². The van der Waals surface area contributed by atoms with Gasteiger partial charge in [-0.2, -0.15) is 4.98 Å². The second-order valence-corrected chi connectivity index (χ2v) is 7.50. The molecular weight excluding hydrogens is 358 g/mol. The van der Waals surface area contributed by atoms with Crippen molar-refractivity contribution in [3.05, 3.63) is 78.0 Å². The molecule has 29 heavy (non-hydrogen) atoms. The summed E-state index contributed by atoms with van der Waals surface area (Å²) < 4.78 is 0. The fourth-order valence-corrected chi connectivity index (χ4v) is 3.76. The molecule has 0 unspecified atom stereocenters. The Morgan fingerprint density at radius 2 is 1.52 bits per heavy atom. The third-order valence-electron chi connectivity index (χ3n) is 5.47. The molecule has 5 heteroatoms. The smallest absolute Gasteiger partial charge is 0.232 e. The van der Waals surface area contributed by atoms with E-state index in [-0.39, 0.29) is 0 Å². The van der Waals surface area contributed by atoms with Gasteiger partial charge in [-0.25, -0.2) is 4.98 Å². The summed E-state index contributed by atoms with van der Waals surface area (Å²) in [5, 5.41) is 0. The number of benzene rings is 2. The van der Waals surface area contributed by atoms with Gasteiger partial charge in [0.15, 0.2) is 0 Å². The van der Waals surface area contributed by atoms with Crippen LogP contribution in [0, 0.1) is 6.92 Å². The molecule has 0 aliphatic carbocycles. The fourth-order valence-electron chi connectivity index (χ4n) is 3.76. The van der Waals surface area contributed by atoms with Crippen molar-refractivity contribution in [3.63, 3.8) is 0 Å². The third-order valence-corrected chi connectivity index (χ3v) is 5.47. The van der Waals surface area contributed by atoms with Crippen LogP contribution >= 0.6 is 0 Å². The van der Waals surface area contributed by atoms with E-state index in [1.54, 1.807) is 0 Å². The second-order valence-electron chi connectivity index (χ2n) is 7.50. The Bertz CT molecular complexity index is 905. The maximum Gasteiger partial charge on any atom is 0.232 e. The number of hydrogen-bond acceptors (Lipinski definition) is 5. The Morgan fingerprint density at radius 1 is 0.862 bits per heavy atom. The molecule has 150 valence electrons. The number of nitrogens with zero attached hydrogens (tertiary/aromatic N) is 5. The molecule has 1 aliphatic rings. The van der Waals surface area contributed by atoms with Gasteiger partial charge >= 0.3 is 0 Å². The molecule has 0 radical (unpaired) electrons. The summed E-state index contributed by atoms with van der Waals surface area (Å²) in [4.78, 5) is 16.9. The van der Waals surface area contributed by atoms with E-state index in [4.69, 9.17) is 9.97 Å². The van der Waals surface area contributed by atoms with Crippen LogP contribution in [-0.2, 0) is 6.54 Å². The number of aromatic nitrogens is 2. The van der Waals surface area contributed by atoms with E-state index >= 15 is 0 Å². The summed E-state index contributed by atoms with van der Waals surface area (Å²) in [6.07, 6.45) is 0. The van der Waals surface area contributed by atoms with Crippen molar-refractivity contribution in [3.8, 4) is 0 Å². The molecule has 0 atom stereocenters. The number of likely N-dealkylation sites (N-methyl/N-ethyl adjacent to an activating group) is 1. The Labute approximate surface area is 173 Å². The highest BCUT2D eigenvalue weighted by Gasteiger charge is 2.20. The van der Waals surface area contributed by atoms with Gasteiger partial charge in [0.2, 0.25) is 5.95 Å². The van der Waals surface area contributed by atoms with Gasteiger partial charge in [-0.3, -0.25) is 0 Å². The lowest BCUT2D eigenvalue weighted by atomic mass is 10.2. The number of piperazine rings is 1. The van der Waals surface area contributed by atoms with Crippen molar-refractivity contribution in [2.45, 2.75) is 20.4 Å². The first-order valence-electron chi connectivity index (χ1n) is 10.4. The zero-order valence-corrected chi connectivity index (χ0v) is 17.3. The molecule has 5 nitrogen and oxygen atoms in total. The zero-order chi connectivity index (χ0) is 20.1. The van der Waals surface area contributed by atoms with Crippen LogP contribution in [0.2, 0.25) is 0 Å². The van der Waals surface area contributed by atoms with E-state index in [0.717, 1.165) is 62.4 Å². The topological polar surface area (TPSA) is 35.5 Å². The quantitative estimate of drug-likeness (QED) is 0.631. The molecule has 1 fully saturated rings. The van der Waals surface area contributed by atoms with E-state index in [0.29, 0.717) is 0 Å². The predicted octanol–water partition coefficient (Wildman–Crippen LogP) is 4.27. The average molecular weight is 388 g/mol. The first-order valence-corrected chi connectivity index (χ1v) is 10.4. The van der Waals surface area contributed by atoms with Crippen LogP contribution in [0.3, 0.4) is 0 Å². The van der Waals surface area contributed by atoms with Gasteiger partial charge in [-0.15, -0.1) is 0 Å². The minimum atomic E-state index is 0.733. The van der Waals surface area contributed by atoms with E-state index in [1.807, 2.05) is 12.1 Å². The van der Waals surface area contributed by atoms with Crippen LogP contribution < -0.4 is 9.80 Å². The summed E-state index contributed by atoms with van der Waals surface area (Å²) >= 11 is 0. The SMILES string of the molecule is CCN1CCN(c2cc(C)nc(N(Cc3ccccc3)c3ccccc3)n2)CC1.